The molecular weight excluding hydrogens is 553 g/mol. The molecule has 220 valence electrons. The van der Waals surface area contributed by atoms with Gasteiger partial charge >= 0.3 is 7.12 Å². The molecule has 8 rings (SSSR count). The smallest absolute Gasteiger partial charge is 0.456 e. The van der Waals surface area contributed by atoms with Gasteiger partial charge in [-0.15, -0.1) is 0 Å². The van der Waals surface area contributed by atoms with Gasteiger partial charge in [0.05, 0.1) is 11.2 Å². The predicted octanol–water partition coefficient (Wildman–Crippen LogP) is 10.2. The first-order valence-electron chi connectivity index (χ1n) is 15.5. The van der Waals surface area contributed by atoms with Gasteiger partial charge in [0.15, 0.2) is 0 Å². The molecule has 1 aromatic heterocycles. The van der Waals surface area contributed by atoms with E-state index < -0.39 is 18.3 Å². The van der Waals surface area contributed by atoms with Crippen molar-refractivity contribution >= 4 is 62.4 Å². The third kappa shape index (κ3) is 4.80. The van der Waals surface area contributed by atoms with Crippen molar-refractivity contribution in [1.82, 2.24) is 0 Å². The van der Waals surface area contributed by atoms with Crippen molar-refractivity contribution in [3.63, 3.8) is 0 Å². The quantitative estimate of drug-likeness (QED) is 0.188. The van der Waals surface area contributed by atoms with Crippen molar-refractivity contribution in [3.8, 4) is 11.1 Å². The fourth-order valence-electron chi connectivity index (χ4n) is 6.24. The molecule has 0 aliphatic carbocycles. The number of fused-ring (bicyclic) bond motifs is 4. The number of rotatable bonds is 5. The molecule has 0 bridgehead atoms. The van der Waals surface area contributed by atoms with E-state index in [1.54, 1.807) is 0 Å². The molecule has 0 N–H and O–H groups in total. The second-order valence-electron chi connectivity index (χ2n) is 12.9. The van der Waals surface area contributed by atoms with Crippen LogP contribution >= 0.6 is 0 Å². The van der Waals surface area contributed by atoms with Crippen LogP contribution in [0.15, 0.2) is 138 Å². The summed E-state index contributed by atoms with van der Waals surface area (Å²) in [4.78, 5) is 2.32. The van der Waals surface area contributed by atoms with Crippen molar-refractivity contribution < 1.29 is 13.7 Å². The van der Waals surface area contributed by atoms with Crippen LogP contribution in [0.4, 0.5) is 17.1 Å². The summed E-state index contributed by atoms with van der Waals surface area (Å²) in [5, 5.41) is 4.50. The van der Waals surface area contributed by atoms with E-state index in [9.17, 15) is 0 Å². The van der Waals surface area contributed by atoms with Crippen LogP contribution in [0.2, 0.25) is 0 Å². The molecule has 7 aromatic rings. The normalized spacial score (nSPS) is 15.7. The Bertz CT molecular complexity index is 2170. The fourth-order valence-corrected chi connectivity index (χ4v) is 6.24. The molecule has 6 aromatic carbocycles. The zero-order valence-electron chi connectivity index (χ0n) is 26.0. The van der Waals surface area contributed by atoms with Crippen LogP contribution in [-0.2, 0) is 9.31 Å². The summed E-state index contributed by atoms with van der Waals surface area (Å²) in [6.07, 6.45) is 0. The molecule has 1 aliphatic heterocycles. The van der Waals surface area contributed by atoms with E-state index in [-0.39, 0.29) is 0 Å². The Balaban J connectivity index is 1.25. The molecule has 0 radical (unpaired) electrons. The third-order valence-electron chi connectivity index (χ3n) is 9.48. The highest BCUT2D eigenvalue weighted by atomic mass is 16.7. The first kappa shape index (κ1) is 27.7. The third-order valence-corrected chi connectivity index (χ3v) is 9.48. The first-order chi connectivity index (χ1) is 21.8. The number of benzene rings is 6. The van der Waals surface area contributed by atoms with E-state index >= 15 is 0 Å². The van der Waals surface area contributed by atoms with E-state index in [0.717, 1.165) is 44.5 Å². The number of anilines is 3. The van der Waals surface area contributed by atoms with Crippen LogP contribution in [-0.4, -0.2) is 18.3 Å². The van der Waals surface area contributed by atoms with Crippen LogP contribution in [0.5, 0.6) is 0 Å². The maximum absolute atomic E-state index is 6.38. The van der Waals surface area contributed by atoms with Crippen LogP contribution in [0, 0.1) is 0 Å². The van der Waals surface area contributed by atoms with Gasteiger partial charge in [0.2, 0.25) is 0 Å². The first-order valence-corrected chi connectivity index (χ1v) is 15.5. The molecule has 1 aliphatic rings. The summed E-state index contributed by atoms with van der Waals surface area (Å²) in [7, 11) is -0.440. The lowest BCUT2D eigenvalue weighted by Gasteiger charge is -2.32. The predicted molar refractivity (Wildman–Crippen MR) is 187 cm³/mol. The highest BCUT2D eigenvalue weighted by molar-refractivity contribution is 6.62. The van der Waals surface area contributed by atoms with E-state index in [0.29, 0.717) is 0 Å². The van der Waals surface area contributed by atoms with Crippen LogP contribution in [0.1, 0.15) is 27.7 Å². The molecule has 2 heterocycles. The summed E-state index contributed by atoms with van der Waals surface area (Å²) >= 11 is 0. The molecule has 0 spiro atoms. The zero-order chi connectivity index (χ0) is 30.8. The summed E-state index contributed by atoms with van der Waals surface area (Å²) < 4.78 is 19.1. The molecule has 0 amide bonds. The van der Waals surface area contributed by atoms with Gasteiger partial charge in [-0.2, -0.15) is 0 Å². The van der Waals surface area contributed by atoms with Gasteiger partial charge < -0.3 is 18.6 Å². The summed E-state index contributed by atoms with van der Waals surface area (Å²) in [6, 6.07) is 47.1. The lowest BCUT2D eigenvalue weighted by atomic mass is 9.78. The highest BCUT2D eigenvalue weighted by Crippen LogP contribution is 2.41. The van der Waals surface area contributed by atoms with Gasteiger partial charge in [0.1, 0.15) is 11.2 Å². The maximum atomic E-state index is 6.38. The number of nitrogens with zero attached hydrogens (tertiary/aromatic N) is 1. The minimum atomic E-state index is -0.440. The Kier molecular flexibility index (Phi) is 6.38. The SMILES string of the molecule is CC1(C)OB(c2ccc3oc4ccc(N(c5ccc(-c6ccccc6)cc5)c5ccc6ccccc6c5)cc4c3c2)OC1(C)C. The van der Waals surface area contributed by atoms with Crippen molar-refractivity contribution in [2.24, 2.45) is 0 Å². The monoisotopic (exact) mass is 587 g/mol. The average Bonchev–Trinajstić information content (AvgIpc) is 3.53. The van der Waals surface area contributed by atoms with Crippen LogP contribution < -0.4 is 10.4 Å². The standard InChI is InChI=1S/C40H34BNO3/c1-39(2)40(3,4)45-41(44-39)31-17-22-37-35(25-31)36-26-34(21-23-38(36)43-37)42(33-20-16-28-12-8-9-13-30(28)24-33)32-18-14-29(15-19-32)27-10-6-5-7-11-27/h5-26H,1-4H3. The zero-order valence-corrected chi connectivity index (χ0v) is 26.0. The largest absolute Gasteiger partial charge is 0.494 e. The van der Waals surface area contributed by atoms with E-state index in [1.807, 2.05) is 18.2 Å². The number of hydrogen-bond acceptors (Lipinski definition) is 4. The number of hydrogen-bond donors (Lipinski definition) is 0. The Morgan fingerprint density at radius 2 is 1.04 bits per heavy atom. The molecule has 1 fully saturated rings. The Labute approximate surface area is 264 Å². The Morgan fingerprint density at radius 1 is 0.489 bits per heavy atom. The second kappa shape index (κ2) is 10.4. The highest BCUT2D eigenvalue weighted by Gasteiger charge is 2.51. The second-order valence-corrected chi connectivity index (χ2v) is 12.9. The van der Waals surface area contributed by atoms with E-state index in [4.69, 9.17) is 13.7 Å². The van der Waals surface area contributed by atoms with Gasteiger partial charge in [-0.3, -0.25) is 0 Å². The minimum absolute atomic E-state index is 0.408. The molecule has 5 heteroatoms. The maximum Gasteiger partial charge on any atom is 0.494 e. The van der Waals surface area contributed by atoms with Crippen LogP contribution in [0.3, 0.4) is 0 Å². The summed E-state index contributed by atoms with van der Waals surface area (Å²) in [6.45, 7) is 8.33. The van der Waals surface area contributed by atoms with Gasteiger partial charge in [0, 0.05) is 27.8 Å². The molecule has 4 nitrogen and oxygen atoms in total. The van der Waals surface area contributed by atoms with Crippen molar-refractivity contribution in [2.75, 3.05) is 4.90 Å². The fraction of sp³-hybridized carbons (Fsp3) is 0.150. The molecule has 0 atom stereocenters. The lowest BCUT2D eigenvalue weighted by Crippen LogP contribution is -2.41. The molecule has 0 unspecified atom stereocenters. The molecular formula is C40H34BNO3. The molecule has 0 saturated carbocycles. The molecule has 45 heavy (non-hydrogen) atoms. The minimum Gasteiger partial charge on any atom is -0.456 e. The van der Waals surface area contributed by atoms with Gasteiger partial charge in [0.25, 0.3) is 0 Å². The van der Waals surface area contributed by atoms with E-state index in [2.05, 4.69) is 148 Å². The van der Waals surface area contributed by atoms with Crippen LogP contribution in [0.25, 0.3) is 43.8 Å². The van der Waals surface area contributed by atoms with Gasteiger partial charge in [-0.1, -0.05) is 84.9 Å². The average molecular weight is 588 g/mol. The lowest BCUT2D eigenvalue weighted by molar-refractivity contribution is 0.00578. The Morgan fingerprint density at radius 3 is 1.78 bits per heavy atom. The summed E-state index contributed by atoms with van der Waals surface area (Å²) in [5.41, 5.74) is 7.45. The molecule has 1 saturated heterocycles. The summed E-state index contributed by atoms with van der Waals surface area (Å²) in [5.74, 6) is 0. The van der Waals surface area contributed by atoms with Crippen molar-refractivity contribution in [3.05, 3.63) is 133 Å². The van der Waals surface area contributed by atoms with Gasteiger partial charge in [-0.25, -0.2) is 0 Å². The Hall–Kier alpha value is -4.84. The van der Waals surface area contributed by atoms with Crippen molar-refractivity contribution in [1.29, 1.82) is 0 Å². The topological polar surface area (TPSA) is 34.8 Å². The van der Waals surface area contributed by atoms with E-state index in [1.165, 1.54) is 21.9 Å². The van der Waals surface area contributed by atoms with Crippen molar-refractivity contribution in [2.45, 2.75) is 38.9 Å². The number of furan rings is 1. The van der Waals surface area contributed by atoms with Gasteiger partial charge in [-0.05, 0) is 104 Å².